The number of hydrogen-bond donors (Lipinski definition) is 2. The predicted molar refractivity (Wildman–Crippen MR) is 48.5 cm³/mol. The van der Waals surface area contributed by atoms with Gasteiger partial charge in [-0.15, -0.1) is 10.2 Å². The molecular formula is C9H9N4. The average molecular weight is 173 g/mol. The maximum absolute atomic E-state index is 5.52. The summed E-state index contributed by atoms with van der Waals surface area (Å²) in [6.07, 6.45) is 2.55. The van der Waals surface area contributed by atoms with E-state index < -0.39 is 0 Å². The Morgan fingerprint density at radius 3 is 3.08 bits per heavy atom. The van der Waals surface area contributed by atoms with E-state index in [1.165, 1.54) is 0 Å². The van der Waals surface area contributed by atoms with Crippen molar-refractivity contribution in [3.63, 3.8) is 0 Å². The molecule has 1 aromatic heterocycles. The summed E-state index contributed by atoms with van der Waals surface area (Å²) < 4.78 is 0. The molecule has 0 atom stereocenters. The van der Waals surface area contributed by atoms with Crippen LogP contribution in [0.1, 0.15) is 5.56 Å². The van der Waals surface area contributed by atoms with Gasteiger partial charge in [0.2, 0.25) is 0 Å². The molecular weight excluding hydrogens is 164 g/mol. The molecule has 3 N–H and O–H groups in total. The van der Waals surface area contributed by atoms with Crippen molar-refractivity contribution in [2.45, 2.75) is 6.54 Å². The number of rotatable bonds is 2. The van der Waals surface area contributed by atoms with Crippen molar-refractivity contribution in [1.82, 2.24) is 15.2 Å². The third-order valence-electron chi connectivity index (χ3n) is 1.81. The van der Waals surface area contributed by atoms with Crippen molar-refractivity contribution in [3.8, 4) is 11.4 Å². The van der Waals surface area contributed by atoms with Gasteiger partial charge in [-0.3, -0.25) is 0 Å². The molecule has 4 heteroatoms. The van der Waals surface area contributed by atoms with Gasteiger partial charge in [0, 0.05) is 12.1 Å². The Morgan fingerprint density at radius 2 is 2.38 bits per heavy atom. The highest BCUT2D eigenvalue weighted by molar-refractivity contribution is 5.55. The fourth-order valence-corrected chi connectivity index (χ4v) is 1.15. The maximum atomic E-state index is 5.52. The summed E-state index contributed by atoms with van der Waals surface area (Å²) in [7, 11) is 0. The number of benzene rings is 1. The molecule has 65 valence electrons. The van der Waals surface area contributed by atoms with Gasteiger partial charge in [0.25, 0.3) is 0 Å². The SMILES string of the molecule is NCc1cccc(-c2nn[c][nH]2)c1. The van der Waals surface area contributed by atoms with E-state index in [1.807, 2.05) is 24.3 Å². The summed E-state index contributed by atoms with van der Waals surface area (Å²) in [5.74, 6) is 0.718. The van der Waals surface area contributed by atoms with Gasteiger partial charge in [-0.1, -0.05) is 18.2 Å². The molecule has 0 aliphatic carbocycles. The molecule has 0 amide bonds. The Bertz CT molecular complexity index is 380. The molecule has 0 bridgehead atoms. The zero-order chi connectivity index (χ0) is 9.10. The quantitative estimate of drug-likeness (QED) is 0.703. The summed E-state index contributed by atoms with van der Waals surface area (Å²) in [5.41, 5.74) is 7.58. The third kappa shape index (κ3) is 1.57. The van der Waals surface area contributed by atoms with Gasteiger partial charge in [-0.25, -0.2) is 0 Å². The predicted octanol–water partition coefficient (Wildman–Crippen LogP) is 0.731. The minimum Gasteiger partial charge on any atom is -0.326 e. The fourth-order valence-electron chi connectivity index (χ4n) is 1.15. The third-order valence-corrected chi connectivity index (χ3v) is 1.81. The second-order valence-electron chi connectivity index (χ2n) is 2.69. The number of aromatic nitrogens is 3. The van der Waals surface area contributed by atoms with E-state index in [0.717, 1.165) is 17.0 Å². The fraction of sp³-hybridized carbons (Fsp3) is 0.111. The van der Waals surface area contributed by atoms with Crippen LogP contribution in [0.3, 0.4) is 0 Å². The Morgan fingerprint density at radius 1 is 1.46 bits per heavy atom. The van der Waals surface area contributed by atoms with Gasteiger partial charge in [0.1, 0.15) is 0 Å². The molecule has 0 saturated heterocycles. The zero-order valence-electron chi connectivity index (χ0n) is 6.99. The number of nitrogens with one attached hydrogen (secondary N) is 1. The molecule has 0 aliphatic heterocycles. The molecule has 0 spiro atoms. The lowest BCUT2D eigenvalue weighted by Crippen LogP contribution is -1.96. The van der Waals surface area contributed by atoms with Crippen molar-refractivity contribution in [2.24, 2.45) is 5.73 Å². The van der Waals surface area contributed by atoms with Crippen LogP contribution in [0.15, 0.2) is 24.3 Å². The monoisotopic (exact) mass is 173 g/mol. The standard InChI is InChI=1S/C9H9N4/c10-5-7-2-1-3-8(4-7)9-11-6-12-13-9/h1-4H,5,10H2,(H,11,12,13). The van der Waals surface area contributed by atoms with E-state index in [4.69, 9.17) is 5.73 Å². The minimum absolute atomic E-state index is 0.533. The lowest BCUT2D eigenvalue weighted by atomic mass is 10.1. The lowest BCUT2D eigenvalue weighted by molar-refractivity contribution is 1.06. The first-order valence-electron chi connectivity index (χ1n) is 3.98. The Balaban J connectivity index is 2.41. The highest BCUT2D eigenvalue weighted by atomic mass is 15.2. The first-order valence-corrected chi connectivity index (χ1v) is 3.98. The highest BCUT2D eigenvalue weighted by Crippen LogP contribution is 2.14. The van der Waals surface area contributed by atoms with E-state index >= 15 is 0 Å². The molecule has 0 fully saturated rings. The zero-order valence-corrected chi connectivity index (χ0v) is 6.99. The summed E-state index contributed by atoms with van der Waals surface area (Å²) in [6, 6.07) is 7.85. The summed E-state index contributed by atoms with van der Waals surface area (Å²) >= 11 is 0. The highest BCUT2D eigenvalue weighted by Gasteiger charge is 2.00. The molecule has 1 heterocycles. The topological polar surface area (TPSA) is 67.6 Å². The summed E-state index contributed by atoms with van der Waals surface area (Å²) in [6.45, 7) is 0.533. The number of aromatic amines is 1. The summed E-state index contributed by atoms with van der Waals surface area (Å²) in [4.78, 5) is 2.82. The largest absolute Gasteiger partial charge is 0.326 e. The first kappa shape index (κ1) is 7.94. The molecule has 0 unspecified atom stereocenters. The van der Waals surface area contributed by atoms with Gasteiger partial charge >= 0.3 is 0 Å². The maximum Gasteiger partial charge on any atom is 0.199 e. The lowest BCUT2D eigenvalue weighted by Gasteiger charge is -1.98. The van der Waals surface area contributed by atoms with Crippen LogP contribution in [-0.4, -0.2) is 15.2 Å². The number of nitrogens with zero attached hydrogens (tertiary/aromatic N) is 2. The van der Waals surface area contributed by atoms with Crippen LogP contribution in [0, 0.1) is 6.33 Å². The van der Waals surface area contributed by atoms with Crippen LogP contribution < -0.4 is 5.73 Å². The van der Waals surface area contributed by atoms with E-state index in [-0.39, 0.29) is 0 Å². The average Bonchev–Trinajstić information content (AvgIpc) is 2.71. The second kappa shape index (κ2) is 3.37. The van der Waals surface area contributed by atoms with E-state index in [1.54, 1.807) is 0 Å². The van der Waals surface area contributed by atoms with Crippen LogP contribution >= 0.6 is 0 Å². The summed E-state index contributed by atoms with van der Waals surface area (Å²) in [5, 5.41) is 7.45. The van der Waals surface area contributed by atoms with Crippen molar-refractivity contribution < 1.29 is 0 Å². The van der Waals surface area contributed by atoms with E-state index in [0.29, 0.717) is 6.54 Å². The van der Waals surface area contributed by atoms with Gasteiger partial charge in [-0.05, 0) is 11.6 Å². The molecule has 1 radical (unpaired) electrons. The Hall–Kier alpha value is -1.68. The Labute approximate surface area is 75.8 Å². The van der Waals surface area contributed by atoms with Crippen molar-refractivity contribution >= 4 is 0 Å². The van der Waals surface area contributed by atoms with Gasteiger partial charge in [0.15, 0.2) is 12.2 Å². The van der Waals surface area contributed by atoms with Gasteiger partial charge < -0.3 is 10.7 Å². The van der Waals surface area contributed by atoms with Crippen LogP contribution in [0.5, 0.6) is 0 Å². The molecule has 2 aromatic rings. The molecule has 0 saturated carbocycles. The molecule has 0 aliphatic rings. The Kier molecular flexibility index (Phi) is 2.06. The smallest absolute Gasteiger partial charge is 0.199 e. The van der Waals surface area contributed by atoms with E-state index in [2.05, 4.69) is 21.5 Å². The van der Waals surface area contributed by atoms with E-state index in [9.17, 15) is 0 Å². The normalized spacial score (nSPS) is 10.2. The van der Waals surface area contributed by atoms with Crippen LogP contribution in [0.25, 0.3) is 11.4 Å². The molecule has 2 rings (SSSR count). The first-order chi connectivity index (χ1) is 6.40. The molecule has 1 aromatic carbocycles. The molecule has 4 nitrogen and oxygen atoms in total. The van der Waals surface area contributed by atoms with Crippen LogP contribution in [0.2, 0.25) is 0 Å². The van der Waals surface area contributed by atoms with Crippen LogP contribution in [0.4, 0.5) is 0 Å². The van der Waals surface area contributed by atoms with Crippen molar-refractivity contribution in [2.75, 3.05) is 0 Å². The van der Waals surface area contributed by atoms with Crippen molar-refractivity contribution in [1.29, 1.82) is 0 Å². The molecule has 13 heavy (non-hydrogen) atoms. The second-order valence-corrected chi connectivity index (χ2v) is 2.69. The minimum atomic E-state index is 0.533. The van der Waals surface area contributed by atoms with Gasteiger partial charge in [0.05, 0.1) is 0 Å². The van der Waals surface area contributed by atoms with Gasteiger partial charge in [-0.2, -0.15) is 0 Å². The van der Waals surface area contributed by atoms with Crippen LogP contribution in [-0.2, 0) is 6.54 Å². The van der Waals surface area contributed by atoms with Crippen molar-refractivity contribution in [3.05, 3.63) is 36.2 Å². The number of hydrogen-bond acceptors (Lipinski definition) is 3. The number of H-pyrrole nitrogens is 1. The number of nitrogens with two attached hydrogens (primary N) is 1.